The highest BCUT2D eigenvalue weighted by molar-refractivity contribution is 7.91. The van der Waals surface area contributed by atoms with Crippen LogP contribution in [0.3, 0.4) is 0 Å². The highest BCUT2D eigenvalue weighted by Gasteiger charge is 2.42. The number of likely N-dealkylation sites (tertiary alicyclic amines) is 1. The fourth-order valence-corrected chi connectivity index (χ4v) is 6.72. The largest absolute Gasteiger partial charge is 0.496 e. The summed E-state index contributed by atoms with van der Waals surface area (Å²) < 4.78 is 39.7. The average Bonchev–Trinajstić information content (AvgIpc) is 3.54. The number of thiazole rings is 1. The number of sulfonamides is 1. The van der Waals surface area contributed by atoms with E-state index in [9.17, 15) is 18.0 Å². The van der Waals surface area contributed by atoms with Gasteiger partial charge < -0.3 is 25.0 Å². The number of fused-ring (bicyclic) bond motifs is 1. The molecule has 12 nitrogen and oxygen atoms in total. The number of nitrogens with one attached hydrogen (secondary N) is 1. The molecule has 1 aliphatic rings. The molecule has 1 aliphatic heterocycles. The molecule has 3 aromatic rings. The zero-order valence-corrected chi connectivity index (χ0v) is 24.7. The van der Waals surface area contributed by atoms with Gasteiger partial charge in [0.25, 0.3) is 10.0 Å². The molecule has 0 spiro atoms. The number of rotatable bonds is 11. The Morgan fingerprint density at radius 3 is 2.70 bits per heavy atom. The molecule has 1 aromatic carbocycles. The predicted octanol–water partition coefficient (Wildman–Crippen LogP) is 2.04. The third kappa shape index (κ3) is 6.29. The van der Waals surface area contributed by atoms with Crippen molar-refractivity contribution in [2.45, 2.75) is 43.0 Å². The SMILES string of the molecule is COc1cc2c(N)nccc2cc1CC(C(=O)OCC(C)C)N1CCC(NS(=O)(=O)c2cnc(N(C)C)s2)C1=O. The molecule has 2 unspecified atom stereocenters. The van der Waals surface area contributed by atoms with Gasteiger partial charge in [-0.3, -0.25) is 4.79 Å². The first-order valence-electron chi connectivity index (χ1n) is 12.7. The number of carbonyl (C=O) groups excluding carboxylic acids is 2. The normalized spacial score (nSPS) is 16.5. The van der Waals surface area contributed by atoms with Crippen LogP contribution in [0.4, 0.5) is 10.9 Å². The van der Waals surface area contributed by atoms with E-state index in [0.717, 1.165) is 16.7 Å². The van der Waals surface area contributed by atoms with E-state index in [1.807, 2.05) is 19.9 Å². The summed E-state index contributed by atoms with van der Waals surface area (Å²) in [6, 6.07) is 3.38. The number of esters is 1. The summed E-state index contributed by atoms with van der Waals surface area (Å²) >= 11 is 1.000. The number of amides is 1. The summed E-state index contributed by atoms with van der Waals surface area (Å²) in [6.45, 7) is 4.19. The topological polar surface area (TPSA) is 157 Å². The smallest absolute Gasteiger partial charge is 0.329 e. The first kappa shape index (κ1) is 29.5. The third-order valence-corrected chi connectivity index (χ3v) is 9.57. The number of hydrogen-bond donors (Lipinski definition) is 2. The lowest BCUT2D eigenvalue weighted by Crippen LogP contribution is -2.48. The number of pyridine rings is 1. The van der Waals surface area contributed by atoms with E-state index < -0.39 is 34.0 Å². The lowest BCUT2D eigenvalue weighted by molar-refractivity contribution is -0.154. The molecule has 14 heteroatoms. The van der Waals surface area contributed by atoms with Crippen LogP contribution in [0.15, 0.2) is 34.8 Å². The van der Waals surface area contributed by atoms with Gasteiger partial charge in [-0.05, 0) is 41.5 Å². The molecule has 4 rings (SSSR count). The average molecular weight is 591 g/mol. The van der Waals surface area contributed by atoms with Crippen LogP contribution in [0.1, 0.15) is 25.8 Å². The Morgan fingerprint density at radius 2 is 2.05 bits per heavy atom. The molecule has 1 saturated heterocycles. The molecule has 0 aliphatic carbocycles. The minimum atomic E-state index is -4.00. The van der Waals surface area contributed by atoms with Crippen LogP contribution >= 0.6 is 11.3 Å². The van der Waals surface area contributed by atoms with Gasteiger partial charge in [0.1, 0.15) is 23.7 Å². The molecule has 0 bridgehead atoms. The van der Waals surface area contributed by atoms with Gasteiger partial charge in [-0.1, -0.05) is 25.2 Å². The third-order valence-electron chi connectivity index (χ3n) is 6.47. The van der Waals surface area contributed by atoms with E-state index in [1.54, 1.807) is 37.3 Å². The van der Waals surface area contributed by atoms with Crippen LogP contribution in [0.5, 0.6) is 5.75 Å². The number of nitrogens with two attached hydrogens (primary N) is 1. The summed E-state index contributed by atoms with van der Waals surface area (Å²) in [5, 5.41) is 2.03. The number of nitrogens with zero attached hydrogens (tertiary/aromatic N) is 4. The Hall–Kier alpha value is -3.49. The molecule has 2 aromatic heterocycles. The summed E-state index contributed by atoms with van der Waals surface area (Å²) in [6.07, 6.45) is 3.15. The molecule has 2 atom stereocenters. The van der Waals surface area contributed by atoms with Crippen LogP contribution in [-0.2, 0) is 30.8 Å². The highest BCUT2D eigenvalue weighted by atomic mass is 32.2. The van der Waals surface area contributed by atoms with Crippen molar-refractivity contribution in [1.82, 2.24) is 19.6 Å². The molecule has 0 saturated carbocycles. The molecule has 40 heavy (non-hydrogen) atoms. The van der Waals surface area contributed by atoms with Gasteiger partial charge >= 0.3 is 5.97 Å². The van der Waals surface area contributed by atoms with Gasteiger partial charge in [-0.15, -0.1) is 0 Å². The number of ether oxygens (including phenoxy) is 2. The number of methoxy groups -OCH3 is 1. The predicted molar refractivity (Wildman–Crippen MR) is 153 cm³/mol. The summed E-state index contributed by atoms with van der Waals surface area (Å²) in [5.74, 6) is -0.144. The van der Waals surface area contributed by atoms with E-state index in [0.29, 0.717) is 27.6 Å². The van der Waals surface area contributed by atoms with Crippen molar-refractivity contribution in [3.05, 3.63) is 36.2 Å². The molecule has 0 radical (unpaired) electrons. The Balaban J connectivity index is 1.61. The van der Waals surface area contributed by atoms with E-state index in [-0.39, 0.29) is 36.1 Å². The van der Waals surface area contributed by atoms with Crippen LogP contribution in [0.2, 0.25) is 0 Å². The molecule has 3 heterocycles. The molecule has 1 fully saturated rings. The van der Waals surface area contributed by atoms with Gasteiger partial charge in [0.2, 0.25) is 5.91 Å². The van der Waals surface area contributed by atoms with E-state index in [4.69, 9.17) is 15.2 Å². The summed E-state index contributed by atoms with van der Waals surface area (Å²) in [4.78, 5) is 38.2. The fraction of sp³-hybridized carbons (Fsp3) is 0.462. The van der Waals surface area contributed by atoms with Crippen molar-refractivity contribution in [2.75, 3.05) is 45.0 Å². The molecule has 1 amide bonds. The summed E-state index contributed by atoms with van der Waals surface area (Å²) in [7, 11) is 1.03. The molecule has 3 N–H and O–H groups in total. The van der Waals surface area contributed by atoms with Crippen molar-refractivity contribution in [3.8, 4) is 5.75 Å². The Morgan fingerprint density at radius 1 is 1.30 bits per heavy atom. The zero-order chi connectivity index (χ0) is 29.2. The standard InChI is InChI=1S/C26H34N6O6S2/c1-15(2)14-38-25(34)20(11-17-10-16-6-8-28-23(27)18(16)12-21(17)37-5)32-9-7-19(24(32)33)30-40(35,36)22-13-29-26(39-22)31(3)4/h6,8,10,12-13,15,19-20,30H,7,9,11,14H2,1-5H3,(H2,27,28). The second kappa shape index (κ2) is 11.9. The minimum Gasteiger partial charge on any atom is -0.496 e. The maximum absolute atomic E-state index is 13.5. The maximum Gasteiger partial charge on any atom is 0.329 e. The number of anilines is 2. The van der Waals surface area contributed by atoms with E-state index >= 15 is 0 Å². The van der Waals surface area contributed by atoms with Gasteiger partial charge in [0, 0.05) is 38.6 Å². The number of carbonyl (C=O) groups is 2. The fourth-order valence-electron chi connectivity index (χ4n) is 4.44. The van der Waals surface area contributed by atoms with Crippen molar-refractivity contribution < 1.29 is 27.5 Å². The second-order valence-corrected chi connectivity index (χ2v) is 13.1. The van der Waals surface area contributed by atoms with E-state index in [2.05, 4.69) is 14.7 Å². The number of benzene rings is 1. The van der Waals surface area contributed by atoms with Crippen molar-refractivity contribution in [2.24, 2.45) is 5.92 Å². The maximum atomic E-state index is 13.5. The quantitative estimate of drug-likeness (QED) is 0.317. The first-order chi connectivity index (χ1) is 18.9. The van der Waals surface area contributed by atoms with Crippen molar-refractivity contribution in [3.63, 3.8) is 0 Å². The van der Waals surface area contributed by atoms with Crippen molar-refractivity contribution >= 4 is 55.0 Å². The van der Waals surface area contributed by atoms with E-state index in [1.165, 1.54) is 18.2 Å². The molecular weight excluding hydrogens is 556 g/mol. The number of hydrogen-bond acceptors (Lipinski definition) is 11. The van der Waals surface area contributed by atoms with Gasteiger partial charge in [-0.2, -0.15) is 4.72 Å². The Kier molecular flexibility index (Phi) is 8.80. The monoisotopic (exact) mass is 590 g/mol. The van der Waals surface area contributed by atoms with Crippen LogP contribution in [0.25, 0.3) is 10.8 Å². The van der Waals surface area contributed by atoms with Gasteiger partial charge in [-0.25, -0.2) is 23.2 Å². The lowest BCUT2D eigenvalue weighted by Gasteiger charge is -2.27. The molecular formula is C26H34N6O6S2. The number of nitrogen functional groups attached to an aromatic ring is 1. The lowest BCUT2D eigenvalue weighted by atomic mass is 10.00. The Labute approximate surface area is 237 Å². The van der Waals surface area contributed by atoms with Crippen molar-refractivity contribution in [1.29, 1.82) is 0 Å². The number of aromatic nitrogens is 2. The highest BCUT2D eigenvalue weighted by Crippen LogP contribution is 2.31. The zero-order valence-electron chi connectivity index (χ0n) is 23.1. The van der Waals surface area contributed by atoms with Crippen LogP contribution < -0.4 is 20.1 Å². The second-order valence-electron chi connectivity index (χ2n) is 10.2. The van der Waals surface area contributed by atoms with Gasteiger partial charge in [0.05, 0.1) is 19.9 Å². The minimum absolute atomic E-state index is 0.00464. The molecule has 216 valence electrons. The van der Waals surface area contributed by atoms with Crippen LogP contribution in [-0.4, -0.2) is 81.6 Å². The Bertz CT molecular complexity index is 1510. The first-order valence-corrected chi connectivity index (χ1v) is 15.0. The van der Waals surface area contributed by atoms with Gasteiger partial charge in [0.15, 0.2) is 9.34 Å². The summed E-state index contributed by atoms with van der Waals surface area (Å²) in [5.41, 5.74) is 6.70. The van der Waals surface area contributed by atoms with Crippen LogP contribution in [0, 0.1) is 5.92 Å².